The Kier molecular flexibility index (Phi) is 5.11. The second kappa shape index (κ2) is 7.50. The Balaban J connectivity index is 1.62. The summed E-state index contributed by atoms with van der Waals surface area (Å²) in [5, 5.41) is 5.00. The van der Waals surface area contributed by atoms with Gasteiger partial charge in [0.15, 0.2) is 0 Å². The first-order valence-corrected chi connectivity index (χ1v) is 10.2. The third kappa shape index (κ3) is 3.56. The van der Waals surface area contributed by atoms with E-state index in [0.717, 1.165) is 39.7 Å². The van der Waals surface area contributed by atoms with Crippen molar-refractivity contribution in [1.29, 1.82) is 0 Å². The van der Waals surface area contributed by atoms with E-state index in [9.17, 15) is 9.18 Å². The number of ether oxygens (including phenoxy) is 1. The Morgan fingerprint density at radius 1 is 1.38 bits per heavy atom. The molecule has 2 aromatic heterocycles. The van der Waals surface area contributed by atoms with Crippen molar-refractivity contribution in [2.45, 2.75) is 25.5 Å². The number of halogens is 2. The van der Waals surface area contributed by atoms with Crippen molar-refractivity contribution in [2.75, 3.05) is 13.2 Å². The maximum atomic E-state index is 13.2. The Bertz CT molecular complexity index is 929. The van der Waals surface area contributed by atoms with Gasteiger partial charge < -0.3 is 14.6 Å². The van der Waals surface area contributed by atoms with Gasteiger partial charge in [-0.15, -0.1) is 11.3 Å². The Labute approximate surface area is 163 Å². The van der Waals surface area contributed by atoms with E-state index in [0.29, 0.717) is 18.8 Å². The van der Waals surface area contributed by atoms with Crippen LogP contribution in [0.4, 0.5) is 4.39 Å². The molecule has 1 fully saturated rings. The third-order valence-electron chi connectivity index (χ3n) is 4.58. The second-order valence-electron chi connectivity index (χ2n) is 6.38. The minimum Gasteiger partial charge on any atom is -0.376 e. The van der Waals surface area contributed by atoms with Gasteiger partial charge in [-0.05, 0) is 52.5 Å². The average Bonchev–Trinajstić information content (AvgIpc) is 3.34. The van der Waals surface area contributed by atoms with Gasteiger partial charge in [0.2, 0.25) is 0 Å². The summed E-state index contributed by atoms with van der Waals surface area (Å²) in [5.74, 6) is -0.379. The van der Waals surface area contributed by atoms with Crippen molar-refractivity contribution < 1.29 is 13.9 Å². The maximum absolute atomic E-state index is 13.2. The topological polar surface area (TPSA) is 43.3 Å². The molecule has 0 bridgehead atoms. The number of aromatic nitrogens is 1. The van der Waals surface area contributed by atoms with Gasteiger partial charge in [0.05, 0.1) is 20.8 Å². The van der Waals surface area contributed by atoms with Gasteiger partial charge in [-0.2, -0.15) is 0 Å². The Morgan fingerprint density at radius 3 is 2.92 bits per heavy atom. The number of nitrogens with one attached hydrogen (secondary N) is 1. The lowest BCUT2D eigenvalue weighted by Crippen LogP contribution is -2.33. The van der Waals surface area contributed by atoms with E-state index in [2.05, 4.69) is 21.2 Å². The number of carbonyl (C=O) groups excluding carboxylic acids is 1. The average molecular weight is 437 g/mol. The zero-order valence-electron chi connectivity index (χ0n) is 14.0. The smallest absolute Gasteiger partial charge is 0.268 e. The van der Waals surface area contributed by atoms with E-state index in [4.69, 9.17) is 4.74 Å². The third-order valence-corrected chi connectivity index (χ3v) is 6.40. The summed E-state index contributed by atoms with van der Waals surface area (Å²) in [6, 6.07) is 8.29. The van der Waals surface area contributed by atoms with Gasteiger partial charge in [0, 0.05) is 25.1 Å². The molecule has 3 heterocycles. The molecule has 3 aromatic rings. The SMILES string of the molecule is O=C(NCC1CCCO1)c1cc2scc(Br)c2n1Cc1ccc(F)cc1. The molecule has 1 amide bonds. The van der Waals surface area contributed by atoms with Gasteiger partial charge in [0.25, 0.3) is 5.91 Å². The predicted octanol–water partition coefficient (Wildman–Crippen LogP) is 4.56. The van der Waals surface area contributed by atoms with Crippen molar-refractivity contribution in [1.82, 2.24) is 9.88 Å². The van der Waals surface area contributed by atoms with Gasteiger partial charge in [-0.1, -0.05) is 12.1 Å². The molecule has 0 aliphatic carbocycles. The molecule has 0 spiro atoms. The molecule has 26 heavy (non-hydrogen) atoms. The van der Waals surface area contributed by atoms with Crippen LogP contribution in [0.2, 0.25) is 0 Å². The number of thiophene rings is 1. The number of carbonyl (C=O) groups is 1. The summed E-state index contributed by atoms with van der Waals surface area (Å²) < 4.78 is 22.8. The highest BCUT2D eigenvalue weighted by molar-refractivity contribution is 9.10. The molecule has 1 N–H and O–H groups in total. The lowest BCUT2D eigenvalue weighted by atomic mass is 10.2. The zero-order valence-corrected chi connectivity index (χ0v) is 16.4. The molecule has 4 rings (SSSR count). The van der Waals surface area contributed by atoms with E-state index in [-0.39, 0.29) is 17.8 Å². The molecule has 136 valence electrons. The minimum absolute atomic E-state index is 0.104. The molecule has 1 aliphatic rings. The number of fused-ring (bicyclic) bond motifs is 1. The molecule has 4 nitrogen and oxygen atoms in total. The summed E-state index contributed by atoms with van der Waals surface area (Å²) in [4.78, 5) is 12.8. The number of benzene rings is 1. The number of hydrogen-bond donors (Lipinski definition) is 1. The van der Waals surface area contributed by atoms with Crippen molar-refractivity contribution in [3.8, 4) is 0 Å². The molecule has 0 saturated carbocycles. The largest absolute Gasteiger partial charge is 0.376 e. The lowest BCUT2D eigenvalue weighted by Gasteiger charge is -2.13. The summed E-state index contributed by atoms with van der Waals surface area (Å²) in [6.45, 7) is 1.79. The first kappa shape index (κ1) is 17.7. The molecule has 0 radical (unpaired) electrons. The minimum atomic E-state index is -0.266. The van der Waals surface area contributed by atoms with Crippen molar-refractivity contribution in [3.63, 3.8) is 0 Å². The van der Waals surface area contributed by atoms with E-state index < -0.39 is 0 Å². The standard InChI is InChI=1S/C19H18BrFN2O2S/c20-15-11-26-17-8-16(19(24)22-9-14-2-1-7-25-14)23(18(15)17)10-12-3-5-13(21)6-4-12/h3-6,8,11,14H,1-2,7,9-10H2,(H,22,24). The van der Waals surface area contributed by atoms with E-state index in [1.54, 1.807) is 23.5 Å². The maximum Gasteiger partial charge on any atom is 0.268 e. The molecule has 7 heteroatoms. The van der Waals surface area contributed by atoms with Crippen LogP contribution in [0.15, 0.2) is 40.2 Å². The summed E-state index contributed by atoms with van der Waals surface area (Å²) in [5.41, 5.74) is 2.53. The van der Waals surface area contributed by atoms with Gasteiger partial charge in [0.1, 0.15) is 11.5 Å². The molecule has 1 unspecified atom stereocenters. The quantitative estimate of drug-likeness (QED) is 0.636. The molecule has 1 aliphatic heterocycles. The fraction of sp³-hybridized carbons (Fsp3) is 0.316. The van der Waals surface area contributed by atoms with Crippen LogP contribution in [-0.4, -0.2) is 29.7 Å². The van der Waals surface area contributed by atoms with Crippen molar-refractivity contribution in [2.24, 2.45) is 0 Å². The second-order valence-corrected chi connectivity index (χ2v) is 8.15. The highest BCUT2D eigenvalue weighted by Gasteiger charge is 2.21. The van der Waals surface area contributed by atoms with Gasteiger partial charge in [-0.25, -0.2) is 4.39 Å². The number of nitrogens with zero attached hydrogens (tertiary/aromatic N) is 1. The first-order chi connectivity index (χ1) is 12.6. The summed E-state index contributed by atoms with van der Waals surface area (Å²) in [6.07, 6.45) is 2.13. The van der Waals surface area contributed by atoms with E-state index >= 15 is 0 Å². The molecule has 1 aromatic carbocycles. The first-order valence-electron chi connectivity index (χ1n) is 8.52. The van der Waals surface area contributed by atoms with Gasteiger partial charge in [-0.3, -0.25) is 4.79 Å². The number of hydrogen-bond acceptors (Lipinski definition) is 3. The lowest BCUT2D eigenvalue weighted by molar-refractivity contribution is 0.0851. The van der Waals surface area contributed by atoms with E-state index in [1.807, 2.05) is 16.0 Å². The predicted molar refractivity (Wildman–Crippen MR) is 104 cm³/mol. The van der Waals surface area contributed by atoms with Gasteiger partial charge >= 0.3 is 0 Å². The molecular formula is C19H18BrFN2O2S. The van der Waals surface area contributed by atoms with Crippen LogP contribution in [0.5, 0.6) is 0 Å². The van der Waals surface area contributed by atoms with Crippen LogP contribution >= 0.6 is 27.3 Å². The van der Waals surface area contributed by atoms with Crippen LogP contribution in [0.25, 0.3) is 10.2 Å². The normalized spacial score (nSPS) is 17.1. The number of rotatable bonds is 5. The Hall–Kier alpha value is -1.70. The van der Waals surface area contributed by atoms with Crippen LogP contribution in [-0.2, 0) is 11.3 Å². The van der Waals surface area contributed by atoms with E-state index in [1.165, 1.54) is 12.1 Å². The van der Waals surface area contributed by atoms with Crippen molar-refractivity contribution >= 4 is 43.4 Å². The van der Waals surface area contributed by atoms with Crippen LogP contribution < -0.4 is 5.32 Å². The number of amides is 1. The Morgan fingerprint density at radius 2 is 2.19 bits per heavy atom. The fourth-order valence-corrected chi connectivity index (χ4v) is 4.95. The summed E-state index contributed by atoms with van der Waals surface area (Å²) >= 11 is 5.17. The highest BCUT2D eigenvalue weighted by Crippen LogP contribution is 2.33. The van der Waals surface area contributed by atoms with Crippen LogP contribution in [0.1, 0.15) is 28.9 Å². The molecule has 1 saturated heterocycles. The molecule has 1 atom stereocenters. The molecular weight excluding hydrogens is 419 g/mol. The zero-order chi connectivity index (χ0) is 18.1. The summed E-state index contributed by atoms with van der Waals surface area (Å²) in [7, 11) is 0. The fourth-order valence-electron chi connectivity index (χ4n) is 3.26. The van der Waals surface area contributed by atoms with Crippen LogP contribution in [0.3, 0.4) is 0 Å². The monoisotopic (exact) mass is 436 g/mol. The highest BCUT2D eigenvalue weighted by atomic mass is 79.9. The van der Waals surface area contributed by atoms with Crippen LogP contribution in [0, 0.1) is 5.82 Å². The van der Waals surface area contributed by atoms with Crippen molar-refractivity contribution in [3.05, 3.63) is 57.3 Å².